The van der Waals surface area contributed by atoms with Crippen LogP contribution in [0.5, 0.6) is 0 Å². The van der Waals surface area contributed by atoms with E-state index in [2.05, 4.69) is 200 Å². The molecule has 9 aromatic carbocycles. The first-order valence-corrected chi connectivity index (χ1v) is 20.1. The van der Waals surface area contributed by atoms with E-state index in [0.717, 1.165) is 33.4 Å². The largest absolute Gasteiger partial charge is 0.208 e. The average Bonchev–Trinajstić information content (AvgIpc) is 3.62. The fourth-order valence-corrected chi connectivity index (χ4v) is 9.14. The number of hydrogen-bond donors (Lipinski definition) is 0. The number of fused-ring (bicyclic) bond motifs is 4. The van der Waals surface area contributed by atoms with Gasteiger partial charge in [0, 0.05) is 16.7 Å². The van der Waals surface area contributed by atoms with Gasteiger partial charge in [-0.3, -0.25) is 0 Å². The smallest absolute Gasteiger partial charge is 0.164 e. The van der Waals surface area contributed by atoms with Gasteiger partial charge in [-0.2, -0.15) is 0 Å². The standard InChI is InChI=1S/C56H37N3/c1-5-18-38(19-6-1)39-32-34-42(35-33-39)54-57-53(41-21-7-2-8-22-41)58-55(59-54)50-36-49-47-29-15-16-31-51(47)56(43-24-9-3-10-25-43,44-26-11-4-12-27-44)52(49)37-48(50)46-30-17-23-40-20-13-14-28-45(40)46/h1-37H. The summed E-state index contributed by atoms with van der Waals surface area (Å²) in [4.78, 5) is 15.9. The Kier molecular flexibility index (Phi) is 8.37. The van der Waals surface area contributed by atoms with Crippen molar-refractivity contribution >= 4 is 10.8 Å². The quantitative estimate of drug-likeness (QED) is 0.163. The molecule has 0 fully saturated rings. The summed E-state index contributed by atoms with van der Waals surface area (Å²) in [5.41, 5.74) is 14.1. The van der Waals surface area contributed by atoms with Crippen molar-refractivity contribution in [1.29, 1.82) is 0 Å². The molecule has 3 nitrogen and oxygen atoms in total. The van der Waals surface area contributed by atoms with Gasteiger partial charge in [-0.15, -0.1) is 0 Å². The number of aromatic nitrogens is 3. The second-order valence-electron chi connectivity index (χ2n) is 15.1. The zero-order valence-electron chi connectivity index (χ0n) is 32.2. The molecule has 0 radical (unpaired) electrons. The van der Waals surface area contributed by atoms with Crippen LogP contribution in [-0.2, 0) is 5.41 Å². The van der Waals surface area contributed by atoms with Crippen molar-refractivity contribution in [3.8, 4) is 67.5 Å². The van der Waals surface area contributed by atoms with Crippen LogP contribution in [0.2, 0.25) is 0 Å². The highest BCUT2D eigenvalue weighted by molar-refractivity contribution is 6.02. The minimum atomic E-state index is -0.563. The summed E-state index contributed by atoms with van der Waals surface area (Å²) < 4.78 is 0. The summed E-state index contributed by atoms with van der Waals surface area (Å²) in [6, 6.07) is 80.1. The zero-order chi connectivity index (χ0) is 39.2. The Morgan fingerprint density at radius 1 is 0.271 bits per heavy atom. The molecule has 3 heteroatoms. The SMILES string of the molecule is c1ccc(-c2ccc(-c3nc(-c4ccccc4)nc(-c4cc5c(cc4-c4cccc6ccccc46)C(c4ccccc4)(c4ccccc4)c4ccccc4-5)n3)cc2)cc1. The molecule has 276 valence electrons. The summed E-state index contributed by atoms with van der Waals surface area (Å²) in [7, 11) is 0. The highest BCUT2D eigenvalue weighted by Gasteiger charge is 2.46. The van der Waals surface area contributed by atoms with Crippen LogP contribution < -0.4 is 0 Å². The normalized spacial score (nSPS) is 12.5. The zero-order valence-corrected chi connectivity index (χ0v) is 32.2. The van der Waals surface area contributed by atoms with E-state index in [1.807, 2.05) is 24.3 Å². The molecule has 59 heavy (non-hydrogen) atoms. The molecule has 1 aromatic heterocycles. The molecular formula is C56H37N3. The average molecular weight is 752 g/mol. The van der Waals surface area contributed by atoms with Crippen LogP contribution in [0.1, 0.15) is 22.3 Å². The van der Waals surface area contributed by atoms with Crippen molar-refractivity contribution in [3.05, 3.63) is 247 Å². The van der Waals surface area contributed by atoms with Crippen LogP contribution in [0.25, 0.3) is 78.3 Å². The van der Waals surface area contributed by atoms with Crippen LogP contribution >= 0.6 is 0 Å². The monoisotopic (exact) mass is 751 g/mol. The molecule has 0 spiro atoms. The van der Waals surface area contributed by atoms with Gasteiger partial charge in [-0.25, -0.2) is 15.0 Å². The molecule has 0 unspecified atom stereocenters. The molecule has 0 amide bonds. The number of hydrogen-bond acceptors (Lipinski definition) is 3. The number of benzene rings is 9. The lowest BCUT2D eigenvalue weighted by Crippen LogP contribution is -2.28. The minimum absolute atomic E-state index is 0.563. The Balaban J connectivity index is 1.22. The summed E-state index contributed by atoms with van der Waals surface area (Å²) in [6.45, 7) is 0. The topological polar surface area (TPSA) is 38.7 Å². The number of nitrogens with zero attached hydrogens (tertiary/aromatic N) is 3. The first kappa shape index (κ1) is 34.5. The van der Waals surface area contributed by atoms with Crippen LogP contribution in [-0.4, -0.2) is 15.0 Å². The van der Waals surface area contributed by atoms with E-state index < -0.39 is 5.41 Å². The first-order valence-electron chi connectivity index (χ1n) is 20.1. The van der Waals surface area contributed by atoms with Gasteiger partial charge in [0.15, 0.2) is 17.5 Å². The summed E-state index contributed by atoms with van der Waals surface area (Å²) in [5.74, 6) is 1.88. The highest BCUT2D eigenvalue weighted by atomic mass is 15.0. The van der Waals surface area contributed by atoms with Gasteiger partial charge in [0.2, 0.25) is 0 Å². The fourth-order valence-electron chi connectivity index (χ4n) is 9.14. The Morgan fingerprint density at radius 2 is 0.746 bits per heavy atom. The van der Waals surface area contributed by atoms with Crippen LogP contribution in [0.4, 0.5) is 0 Å². The predicted octanol–water partition coefficient (Wildman–Crippen LogP) is 13.7. The van der Waals surface area contributed by atoms with Crippen molar-refractivity contribution in [2.24, 2.45) is 0 Å². The minimum Gasteiger partial charge on any atom is -0.208 e. The number of rotatable bonds is 7. The first-order chi connectivity index (χ1) is 29.3. The second-order valence-corrected chi connectivity index (χ2v) is 15.1. The van der Waals surface area contributed by atoms with E-state index in [4.69, 9.17) is 15.0 Å². The van der Waals surface area contributed by atoms with Gasteiger partial charge in [-0.1, -0.05) is 212 Å². The predicted molar refractivity (Wildman–Crippen MR) is 242 cm³/mol. The molecular weight excluding hydrogens is 715 g/mol. The maximum Gasteiger partial charge on any atom is 0.164 e. The molecule has 0 saturated carbocycles. The molecule has 1 heterocycles. The maximum absolute atomic E-state index is 5.38. The van der Waals surface area contributed by atoms with Crippen LogP contribution in [0.3, 0.4) is 0 Å². The van der Waals surface area contributed by atoms with Gasteiger partial charge in [-0.05, 0) is 78.5 Å². The molecule has 10 aromatic rings. The van der Waals surface area contributed by atoms with Crippen molar-refractivity contribution in [1.82, 2.24) is 15.0 Å². The Bertz CT molecular complexity index is 3080. The van der Waals surface area contributed by atoms with Crippen molar-refractivity contribution in [3.63, 3.8) is 0 Å². The maximum atomic E-state index is 5.38. The molecule has 1 aliphatic carbocycles. The van der Waals surface area contributed by atoms with Gasteiger partial charge >= 0.3 is 0 Å². The molecule has 1 aliphatic rings. The van der Waals surface area contributed by atoms with E-state index in [0.29, 0.717) is 17.5 Å². The summed E-state index contributed by atoms with van der Waals surface area (Å²) in [5, 5.41) is 2.35. The molecule has 0 saturated heterocycles. The third-order valence-corrected chi connectivity index (χ3v) is 11.8. The van der Waals surface area contributed by atoms with Gasteiger partial charge in [0.1, 0.15) is 0 Å². The van der Waals surface area contributed by atoms with E-state index in [9.17, 15) is 0 Å². The Labute approximate surface area is 344 Å². The van der Waals surface area contributed by atoms with Gasteiger partial charge < -0.3 is 0 Å². The van der Waals surface area contributed by atoms with Gasteiger partial charge in [0.25, 0.3) is 0 Å². The van der Waals surface area contributed by atoms with Crippen molar-refractivity contribution in [2.75, 3.05) is 0 Å². The van der Waals surface area contributed by atoms with E-state index in [1.54, 1.807) is 0 Å². The Hall–Kier alpha value is -7.75. The molecule has 0 atom stereocenters. The lowest BCUT2D eigenvalue weighted by Gasteiger charge is -2.34. The van der Waals surface area contributed by atoms with Crippen LogP contribution in [0, 0.1) is 0 Å². The molecule has 0 aliphatic heterocycles. The van der Waals surface area contributed by atoms with Gasteiger partial charge in [0.05, 0.1) is 5.41 Å². The summed E-state index contributed by atoms with van der Waals surface area (Å²) in [6.07, 6.45) is 0. The highest BCUT2D eigenvalue weighted by Crippen LogP contribution is 2.58. The van der Waals surface area contributed by atoms with Crippen LogP contribution in [0.15, 0.2) is 224 Å². The summed E-state index contributed by atoms with van der Waals surface area (Å²) >= 11 is 0. The van der Waals surface area contributed by atoms with Crippen molar-refractivity contribution in [2.45, 2.75) is 5.41 Å². The second kappa shape index (κ2) is 14.3. The molecule has 0 N–H and O–H groups in total. The molecule has 0 bridgehead atoms. The van der Waals surface area contributed by atoms with E-state index in [1.165, 1.54) is 49.7 Å². The third kappa shape index (κ3) is 5.78. The van der Waals surface area contributed by atoms with Crippen molar-refractivity contribution < 1.29 is 0 Å². The molecule has 11 rings (SSSR count). The Morgan fingerprint density at radius 3 is 1.42 bits per heavy atom. The van der Waals surface area contributed by atoms with E-state index in [-0.39, 0.29) is 0 Å². The lowest BCUT2D eigenvalue weighted by molar-refractivity contribution is 0.769. The fraction of sp³-hybridized carbons (Fsp3) is 0.0179. The third-order valence-electron chi connectivity index (χ3n) is 11.8. The van der Waals surface area contributed by atoms with E-state index >= 15 is 0 Å². The lowest BCUT2D eigenvalue weighted by atomic mass is 9.67.